The number of hydrogen-bond acceptors (Lipinski definition) is 4. The molecule has 0 fully saturated rings. The summed E-state index contributed by atoms with van der Waals surface area (Å²) in [5, 5.41) is 13.5. The van der Waals surface area contributed by atoms with E-state index in [4.69, 9.17) is 9.84 Å². The van der Waals surface area contributed by atoms with Crippen LogP contribution in [0.3, 0.4) is 0 Å². The summed E-state index contributed by atoms with van der Waals surface area (Å²) in [5.74, 6) is 1.13. The Labute approximate surface area is 116 Å². The minimum absolute atomic E-state index is 0.368. The molecule has 20 heavy (non-hydrogen) atoms. The Bertz CT molecular complexity index is 634. The van der Waals surface area contributed by atoms with Crippen molar-refractivity contribution in [3.8, 4) is 17.1 Å². The lowest BCUT2D eigenvalue weighted by Gasteiger charge is -2.18. The fourth-order valence-corrected chi connectivity index (χ4v) is 2.37. The number of methoxy groups -OCH3 is 1. The monoisotopic (exact) mass is 273 g/mol. The molecule has 0 aliphatic carbocycles. The van der Waals surface area contributed by atoms with Crippen molar-refractivity contribution in [2.45, 2.75) is 19.4 Å². The average molecular weight is 273 g/mol. The van der Waals surface area contributed by atoms with E-state index in [-0.39, 0.29) is 5.92 Å². The van der Waals surface area contributed by atoms with E-state index in [1.807, 2.05) is 24.3 Å². The lowest BCUT2D eigenvalue weighted by atomic mass is 10.0. The van der Waals surface area contributed by atoms with Crippen molar-refractivity contribution >= 4 is 5.97 Å². The Morgan fingerprint density at radius 2 is 2.15 bits per heavy atom. The van der Waals surface area contributed by atoms with Crippen LogP contribution in [0.5, 0.6) is 5.75 Å². The van der Waals surface area contributed by atoms with Crippen LogP contribution in [-0.4, -0.2) is 33.0 Å². The summed E-state index contributed by atoms with van der Waals surface area (Å²) in [6.45, 7) is 0.397. The second-order valence-corrected chi connectivity index (χ2v) is 4.84. The molecule has 0 bridgehead atoms. The van der Waals surface area contributed by atoms with Gasteiger partial charge in [0.05, 0.1) is 19.6 Å². The van der Waals surface area contributed by atoms with E-state index in [9.17, 15) is 4.79 Å². The predicted octanol–water partition coefficient (Wildman–Crippen LogP) is 1.60. The van der Waals surface area contributed by atoms with Gasteiger partial charge in [-0.05, 0) is 30.7 Å². The van der Waals surface area contributed by atoms with Gasteiger partial charge in [-0.25, -0.2) is 9.67 Å². The lowest BCUT2D eigenvalue weighted by molar-refractivity contribution is -0.142. The largest absolute Gasteiger partial charge is 0.497 e. The van der Waals surface area contributed by atoms with Gasteiger partial charge in [0.25, 0.3) is 0 Å². The molecule has 1 atom stereocenters. The number of aryl methyl sites for hydroxylation is 1. The van der Waals surface area contributed by atoms with Gasteiger partial charge in [-0.15, -0.1) is 0 Å². The third-order valence-corrected chi connectivity index (χ3v) is 3.56. The molecule has 6 heteroatoms. The van der Waals surface area contributed by atoms with Crippen LogP contribution in [0.2, 0.25) is 0 Å². The van der Waals surface area contributed by atoms with Crippen molar-refractivity contribution in [2.75, 3.05) is 7.11 Å². The van der Waals surface area contributed by atoms with Gasteiger partial charge in [0.2, 0.25) is 0 Å². The van der Waals surface area contributed by atoms with Crippen LogP contribution in [-0.2, 0) is 17.8 Å². The number of carbonyl (C=O) groups is 1. The highest BCUT2D eigenvalue weighted by molar-refractivity contribution is 5.70. The molecule has 6 nitrogen and oxygen atoms in total. The zero-order valence-corrected chi connectivity index (χ0v) is 11.1. The van der Waals surface area contributed by atoms with Crippen LogP contribution in [0.1, 0.15) is 12.2 Å². The molecule has 1 aliphatic heterocycles. The maximum Gasteiger partial charge on any atom is 0.308 e. The molecular formula is C14H15N3O3. The number of carboxylic acid groups (broad SMARTS) is 1. The summed E-state index contributed by atoms with van der Waals surface area (Å²) in [6.07, 6.45) is 1.27. The van der Waals surface area contributed by atoms with Crippen molar-refractivity contribution in [3.63, 3.8) is 0 Å². The van der Waals surface area contributed by atoms with Crippen LogP contribution < -0.4 is 4.74 Å². The second kappa shape index (κ2) is 4.96. The fraction of sp³-hybridized carbons (Fsp3) is 0.357. The summed E-state index contributed by atoms with van der Waals surface area (Å²) in [7, 11) is 1.62. The van der Waals surface area contributed by atoms with E-state index in [1.165, 1.54) is 0 Å². The summed E-state index contributed by atoms with van der Waals surface area (Å²) < 4.78 is 6.83. The molecule has 1 unspecified atom stereocenters. The molecule has 2 aromatic rings. The first kappa shape index (κ1) is 12.7. The van der Waals surface area contributed by atoms with E-state index in [2.05, 4.69) is 10.1 Å². The van der Waals surface area contributed by atoms with Gasteiger partial charge >= 0.3 is 5.97 Å². The standard InChI is InChI=1S/C14H15N3O3/c1-20-11-5-2-9(3-6-11)13-15-12-7-4-10(14(18)19)8-17(12)16-13/h2-3,5-6,10H,4,7-8H2,1H3,(H,18,19). The Morgan fingerprint density at radius 3 is 2.80 bits per heavy atom. The molecular weight excluding hydrogens is 258 g/mol. The molecule has 1 aromatic heterocycles. The molecule has 0 saturated heterocycles. The van der Waals surface area contributed by atoms with Crippen LogP contribution in [0, 0.1) is 5.92 Å². The van der Waals surface area contributed by atoms with Gasteiger partial charge in [-0.2, -0.15) is 5.10 Å². The summed E-state index contributed by atoms with van der Waals surface area (Å²) in [5.41, 5.74) is 0.902. The quantitative estimate of drug-likeness (QED) is 0.919. The average Bonchev–Trinajstić information content (AvgIpc) is 2.90. The van der Waals surface area contributed by atoms with Gasteiger partial charge in [-0.1, -0.05) is 0 Å². The van der Waals surface area contributed by atoms with E-state index in [0.29, 0.717) is 25.2 Å². The summed E-state index contributed by atoms with van der Waals surface area (Å²) in [6, 6.07) is 7.51. The van der Waals surface area contributed by atoms with Crippen LogP contribution in [0.15, 0.2) is 24.3 Å². The van der Waals surface area contributed by atoms with Gasteiger partial charge in [0, 0.05) is 12.0 Å². The van der Waals surface area contributed by atoms with E-state index < -0.39 is 5.97 Å². The predicted molar refractivity (Wildman–Crippen MR) is 71.5 cm³/mol. The van der Waals surface area contributed by atoms with E-state index in [1.54, 1.807) is 11.8 Å². The normalized spacial score (nSPS) is 17.6. The molecule has 1 N–H and O–H groups in total. The second-order valence-electron chi connectivity index (χ2n) is 4.84. The van der Waals surface area contributed by atoms with Gasteiger partial charge in [0.15, 0.2) is 5.82 Å². The third kappa shape index (κ3) is 2.24. The number of ether oxygens (including phenoxy) is 1. The first-order chi connectivity index (χ1) is 9.67. The van der Waals surface area contributed by atoms with Crippen molar-refractivity contribution in [1.29, 1.82) is 0 Å². The zero-order valence-electron chi connectivity index (χ0n) is 11.1. The maximum atomic E-state index is 11.0. The fourth-order valence-electron chi connectivity index (χ4n) is 2.37. The molecule has 104 valence electrons. The van der Waals surface area contributed by atoms with Crippen molar-refractivity contribution in [2.24, 2.45) is 5.92 Å². The Kier molecular flexibility index (Phi) is 3.14. The molecule has 0 radical (unpaired) electrons. The lowest BCUT2D eigenvalue weighted by Crippen LogP contribution is -2.27. The first-order valence-corrected chi connectivity index (χ1v) is 6.48. The SMILES string of the molecule is COc1ccc(-c2nc3n(n2)CC(C(=O)O)CC3)cc1. The number of aliphatic carboxylic acids is 1. The zero-order chi connectivity index (χ0) is 14.1. The first-order valence-electron chi connectivity index (χ1n) is 6.48. The maximum absolute atomic E-state index is 11.0. The number of hydrogen-bond donors (Lipinski definition) is 1. The molecule has 0 saturated carbocycles. The number of rotatable bonds is 3. The van der Waals surface area contributed by atoms with Crippen LogP contribution in [0.4, 0.5) is 0 Å². The van der Waals surface area contributed by atoms with Gasteiger partial charge in [-0.3, -0.25) is 4.79 Å². The molecule has 1 aromatic carbocycles. The van der Waals surface area contributed by atoms with Crippen molar-refractivity contribution < 1.29 is 14.6 Å². The number of fused-ring (bicyclic) bond motifs is 1. The third-order valence-electron chi connectivity index (χ3n) is 3.56. The molecule has 3 rings (SSSR count). The van der Waals surface area contributed by atoms with E-state index in [0.717, 1.165) is 17.1 Å². The Balaban J connectivity index is 1.87. The van der Waals surface area contributed by atoms with E-state index >= 15 is 0 Å². The molecule has 1 aliphatic rings. The number of nitrogens with zero attached hydrogens (tertiary/aromatic N) is 3. The van der Waals surface area contributed by atoms with Crippen molar-refractivity contribution in [3.05, 3.63) is 30.1 Å². The Morgan fingerprint density at radius 1 is 1.40 bits per heavy atom. The highest BCUT2D eigenvalue weighted by Gasteiger charge is 2.26. The highest BCUT2D eigenvalue weighted by atomic mass is 16.5. The van der Waals surface area contributed by atoms with Crippen molar-refractivity contribution in [1.82, 2.24) is 14.8 Å². The molecule has 2 heterocycles. The molecule has 0 spiro atoms. The molecule has 0 amide bonds. The van der Waals surface area contributed by atoms with Gasteiger partial charge < -0.3 is 9.84 Å². The number of aromatic nitrogens is 3. The summed E-state index contributed by atoms with van der Waals surface area (Å²) in [4.78, 5) is 15.5. The number of benzene rings is 1. The highest BCUT2D eigenvalue weighted by Crippen LogP contribution is 2.24. The minimum Gasteiger partial charge on any atom is -0.497 e. The smallest absolute Gasteiger partial charge is 0.308 e. The topological polar surface area (TPSA) is 77.2 Å². The summed E-state index contributed by atoms with van der Waals surface area (Å²) >= 11 is 0. The minimum atomic E-state index is -0.767. The Hall–Kier alpha value is -2.37. The van der Waals surface area contributed by atoms with Gasteiger partial charge in [0.1, 0.15) is 11.6 Å². The van der Waals surface area contributed by atoms with Crippen LogP contribution in [0.25, 0.3) is 11.4 Å². The van der Waals surface area contributed by atoms with Crippen LogP contribution >= 0.6 is 0 Å². The number of carboxylic acids is 1.